The third-order valence-corrected chi connectivity index (χ3v) is 11.2. The van der Waals surface area contributed by atoms with E-state index in [1.807, 2.05) is 5.92 Å². The van der Waals surface area contributed by atoms with Gasteiger partial charge in [0.1, 0.15) is 43.2 Å². The molecule has 22 nitrogen and oxygen atoms in total. The Labute approximate surface area is 430 Å². The Morgan fingerprint density at radius 3 is 1.32 bits per heavy atom. The second-order valence-electron chi connectivity index (χ2n) is 14.1. The number of aliphatic hydroxyl groups is 2. The molecule has 9 N–H and O–H groups in total. The van der Waals surface area contributed by atoms with E-state index in [0.29, 0.717) is 12.8 Å². The summed E-state index contributed by atoms with van der Waals surface area (Å²) in [7, 11) is -23.2. The highest BCUT2D eigenvalue weighted by Crippen LogP contribution is 2.53. The summed E-state index contributed by atoms with van der Waals surface area (Å²) in [6, 6.07) is 0. The van der Waals surface area contributed by atoms with Crippen molar-refractivity contribution in [3.05, 3.63) is 0 Å². The fraction of sp³-hybridized carbons (Fsp3) is 0.571. The Bertz CT molecular complexity index is 2380. The molecule has 1 saturated carbocycles. The van der Waals surface area contributed by atoms with Crippen molar-refractivity contribution in [1.29, 1.82) is 0 Å². The molecule has 0 aromatic rings. The first-order chi connectivity index (χ1) is 32.0. The molecular formula is C42H84O22P4S. The zero-order valence-corrected chi connectivity index (χ0v) is 41.6. The highest BCUT2D eigenvalue weighted by atomic mass is 32.1. The Hall–Kier alpha value is -3.87. The van der Waals surface area contributed by atoms with Gasteiger partial charge in [-0.25, -0.2) is 23.1 Å². The number of esters is 2. The highest BCUT2D eigenvalue weighted by molar-refractivity contribution is 7.59. The summed E-state index contributed by atoms with van der Waals surface area (Å²) >= 11 is 0. The van der Waals surface area contributed by atoms with E-state index in [1.54, 1.807) is 0 Å². The largest absolute Gasteiger partial charge is 0.472 e. The minimum Gasteiger partial charge on any atom is -0.456 e. The quantitative estimate of drug-likeness (QED) is 0.0141. The van der Waals surface area contributed by atoms with Crippen molar-refractivity contribution in [2.24, 2.45) is 0 Å². The average molecular weight is 1100 g/mol. The average Bonchev–Trinajstić information content (AvgIpc) is 3.24. The minimum atomic E-state index is -5.82. The standard InChI is InChI=1S/C42H52O22P4.H2S.15H2/c1-3-5-7-9-11-13-15-17-19-20-22-24-26-28-30-35(43)58-32-34(60-36(44)31-29-27-25-23-21-18-16-14-12-10-8-6-4-2)33-59-68(56,57)64-39-37(45)40(61-65(47,48)49)42(63-67(53,54)55)41(38(39)46)62-66(50,51)52;;;;;;;;;;;;;;;;/h1,34,37-42,45-46H,4,6,8,10,12,14,16,18,21,23,25,27,29,31-33H2,2H3,(H,56,57)(H2,47,48,49)(H2,50,51,52)(H2,53,54,55);1H2;15*1H/t34-,37+,38?,39?,40+,41-,42?;;;;;;;;;;;;;;;;/m1................/s1. The first kappa shape index (κ1) is 65.1. The molecule has 0 heterocycles. The van der Waals surface area contributed by atoms with Gasteiger partial charge in [-0.15, -0.1) is 6.42 Å². The number of unbranched alkanes of at least 4 members (excludes halogenated alkanes) is 12. The van der Waals surface area contributed by atoms with Gasteiger partial charge in [0.25, 0.3) is 0 Å². The number of rotatable bonds is 28. The molecule has 1 rings (SSSR count). The maximum atomic E-state index is 13.2. The fourth-order valence-corrected chi connectivity index (χ4v) is 8.45. The monoisotopic (exact) mass is 1100 g/mol. The van der Waals surface area contributed by atoms with Crippen LogP contribution in [0.25, 0.3) is 0 Å². The van der Waals surface area contributed by atoms with Crippen molar-refractivity contribution in [1.82, 2.24) is 0 Å². The Balaban J connectivity index is -0.000000206. The van der Waals surface area contributed by atoms with Gasteiger partial charge >= 0.3 is 43.2 Å². The molecule has 69 heavy (non-hydrogen) atoms. The number of hydrogen-bond donors (Lipinski definition) is 9. The summed E-state index contributed by atoms with van der Waals surface area (Å²) in [6.07, 6.45) is -0.185. The summed E-state index contributed by atoms with van der Waals surface area (Å²) in [5.41, 5.74) is 0. The van der Waals surface area contributed by atoms with Crippen LogP contribution in [0.5, 0.6) is 0 Å². The summed E-state index contributed by atoms with van der Waals surface area (Å²) in [6.45, 7) is 0.165. The topological polar surface area (TPSA) is 349 Å². The van der Waals surface area contributed by atoms with Crippen LogP contribution in [-0.4, -0.2) is 112 Å². The molecule has 1 fully saturated rings. The van der Waals surface area contributed by atoms with E-state index in [9.17, 15) is 72.3 Å². The van der Waals surface area contributed by atoms with Gasteiger partial charge in [-0.2, -0.15) is 13.5 Å². The Morgan fingerprint density at radius 2 is 0.913 bits per heavy atom. The first-order valence-electron chi connectivity index (χ1n) is 20.5. The predicted molar refractivity (Wildman–Crippen MR) is 280 cm³/mol. The number of hydrogen-bond acceptors (Lipinski definition) is 15. The molecule has 410 valence electrons. The van der Waals surface area contributed by atoms with Crippen molar-refractivity contribution >= 4 is 56.7 Å². The molecule has 8 atom stereocenters. The second-order valence-corrected chi connectivity index (χ2v) is 19.1. The van der Waals surface area contributed by atoms with Crippen molar-refractivity contribution < 1.29 is 126 Å². The van der Waals surface area contributed by atoms with Crippen LogP contribution in [0.4, 0.5) is 0 Å². The molecular weight excluding hydrogens is 1010 g/mol. The lowest BCUT2D eigenvalue weighted by molar-refractivity contribution is -0.209. The van der Waals surface area contributed by atoms with Gasteiger partial charge < -0.3 is 53.9 Å². The second kappa shape index (κ2) is 35.3. The van der Waals surface area contributed by atoms with Gasteiger partial charge in [-0.3, -0.25) is 27.4 Å². The molecule has 27 heteroatoms. The van der Waals surface area contributed by atoms with E-state index < -0.39 is 99.2 Å². The molecule has 0 bridgehead atoms. The number of aliphatic hydroxyl groups excluding tert-OH is 2. The Kier molecular flexibility index (Phi) is 33.3. The van der Waals surface area contributed by atoms with Crippen LogP contribution in [0.15, 0.2) is 0 Å². The molecule has 0 radical (unpaired) electrons. The van der Waals surface area contributed by atoms with Crippen molar-refractivity contribution in [2.45, 2.75) is 140 Å². The number of ether oxygens (including phenoxy) is 2. The Morgan fingerprint density at radius 1 is 0.536 bits per heavy atom. The van der Waals surface area contributed by atoms with E-state index in [-0.39, 0.29) is 41.3 Å². The lowest BCUT2D eigenvalue weighted by atomic mass is 9.85. The number of phosphoric acid groups is 4. The summed E-state index contributed by atoms with van der Waals surface area (Å²) in [5.74, 6) is 32.2. The number of phosphoric ester groups is 4. The van der Waals surface area contributed by atoms with Gasteiger partial charge in [-0.05, 0) is 89.3 Å². The smallest absolute Gasteiger partial charge is 0.456 e. The van der Waals surface area contributed by atoms with Crippen molar-refractivity contribution in [3.8, 4) is 95.2 Å². The zero-order valence-electron chi connectivity index (χ0n) is 37.1. The third-order valence-electron chi connectivity index (χ3n) is 8.62. The van der Waals surface area contributed by atoms with Gasteiger partial charge in [0.15, 0.2) is 6.10 Å². The molecule has 0 aromatic heterocycles. The third kappa shape index (κ3) is 33.4. The van der Waals surface area contributed by atoms with E-state index >= 15 is 0 Å². The van der Waals surface area contributed by atoms with Crippen LogP contribution < -0.4 is 0 Å². The van der Waals surface area contributed by atoms with Gasteiger partial charge in [0.2, 0.25) is 0 Å². The van der Waals surface area contributed by atoms with Crippen molar-refractivity contribution in [2.75, 3.05) is 13.2 Å². The predicted octanol–water partition coefficient (Wildman–Crippen LogP) is 6.05. The fourth-order valence-electron chi connectivity index (χ4n) is 5.79. The lowest BCUT2D eigenvalue weighted by Gasteiger charge is -2.45. The highest BCUT2D eigenvalue weighted by Gasteiger charge is 2.59. The number of carbonyl (C=O) groups is 2. The van der Waals surface area contributed by atoms with Gasteiger partial charge in [-0.1, -0.05) is 84.0 Å². The number of carbonyl (C=O) groups excluding carboxylic acids is 2. The van der Waals surface area contributed by atoms with Crippen LogP contribution in [0.3, 0.4) is 0 Å². The zero-order chi connectivity index (χ0) is 51.1. The van der Waals surface area contributed by atoms with E-state index in [4.69, 9.17) is 24.9 Å². The van der Waals surface area contributed by atoms with Crippen LogP contribution in [0, 0.1) is 95.2 Å². The lowest BCUT2D eigenvalue weighted by Crippen LogP contribution is -2.65. The van der Waals surface area contributed by atoms with Crippen molar-refractivity contribution in [3.63, 3.8) is 0 Å². The molecule has 0 saturated heterocycles. The first-order valence-corrected chi connectivity index (χ1v) is 26.6. The van der Waals surface area contributed by atoms with Crippen LogP contribution >= 0.6 is 44.8 Å². The molecule has 1 aliphatic rings. The van der Waals surface area contributed by atoms with Crippen LogP contribution in [-0.2, 0) is 59.9 Å². The molecule has 0 aliphatic heterocycles. The van der Waals surface area contributed by atoms with E-state index in [0.717, 1.165) is 32.1 Å². The molecule has 1 aliphatic carbocycles. The molecule has 0 amide bonds. The van der Waals surface area contributed by atoms with Crippen LogP contribution in [0.1, 0.15) is 118 Å². The molecule has 4 unspecified atom stereocenters. The van der Waals surface area contributed by atoms with Gasteiger partial charge in [0, 0.05) is 33.7 Å². The normalized spacial score (nSPS) is 19.6. The summed E-state index contributed by atoms with van der Waals surface area (Å²) in [5, 5.41) is 21.7. The minimum absolute atomic E-state index is 0. The maximum Gasteiger partial charge on any atom is 0.472 e. The van der Waals surface area contributed by atoms with E-state index in [2.05, 4.69) is 103 Å². The van der Waals surface area contributed by atoms with Gasteiger partial charge in [0.05, 0.1) is 6.61 Å². The maximum absolute atomic E-state index is 13.2. The molecule has 0 spiro atoms. The number of terminal acetylenes is 1. The molecule has 0 aromatic carbocycles. The summed E-state index contributed by atoms with van der Waals surface area (Å²) in [4.78, 5) is 92.1. The van der Waals surface area contributed by atoms with Crippen LogP contribution in [0.2, 0.25) is 0 Å². The van der Waals surface area contributed by atoms with E-state index in [1.165, 1.54) is 38.5 Å². The summed E-state index contributed by atoms with van der Waals surface area (Å²) < 4.78 is 81.1. The SMILES string of the molecule is C#CC#CC#CC#CC#CC#CC#CC#CC(=O)OC[C@H](COP(=O)(O)OC1C(O)[C@@H](OP(=O)(O)O)C(OP(=O)(O)O)[C@@H](OP(=O)(O)O)[C@H]1O)OC(=O)CCCCCCCCCCCCCCC.S.[HH].[HH].[HH].[HH].[HH].[HH].[HH].[HH].[HH].[HH].[HH].[HH].[HH].[HH].[HH].